The Balaban J connectivity index is 2.64. The van der Waals surface area contributed by atoms with Crippen LogP contribution in [0, 0.1) is 5.41 Å². The number of carbonyl (C=O) groups is 2. The Morgan fingerprint density at radius 2 is 1.67 bits per heavy atom. The van der Waals surface area contributed by atoms with Crippen LogP contribution in [0.4, 0.5) is 11.4 Å². The Labute approximate surface area is 126 Å². The minimum absolute atomic E-state index is 0.0618. The van der Waals surface area contributed by atoms with Gasteiger partial charge in [-0.1, -0.05) is 33.8 Å². The molecular weight excluding hydrogens is 266 g/mol. The molecule has 1 rings (SSSR count). The number of nitrogens with one attached hydrogen (secondary N) is 2. The van der Waals surface area contributed by atoms with Crippen molar-refractivity contribution in [2.24, 2.45) is 11.1 Å². The van der Waals surface area contributed by atoms with E-state index in [1.54, 1.807) is 31.2 Å². The van der Waals surface area contributed by atoms with Crippen LogP contribution in [0.25, 0.3) is 0 Å². The van der Waals surface area contributed by atoms with Gasteiger partial charge in [0.1, 0.15) is 0 Å². The minimum Gasteiger partial charge on any atom is -0.327 e. The first kappa shape index (κ1) is 17.2. The molecule has 1 atom stereocenters. The highest BCUT2D eigenvalue weighted by atomic mass is 16.2. The summed E-state index contributed by atoms with van der Waals surface area (Å²) in [4.78, 5) is 23.3. The maximum Gasteiger partial charge on any atom is 0.225 e. The molecule has 0 aliphatic rings. The summed E-state index contributed by atoms with van der Waals surface area (Å²) in [5, 5.41) is 5.56. The summed E-state index contributed by atoms with van der Waals surface area (Å²) < 4.78 is 0. The van der Waals surface area contributed by atoms with E-state index in [4.69, 9.17) is 5.73 Å². The number of carbonyl (C=O) groups excluding carboxylic acids is 2. The molecule has 116 valence electrons. The Kier molecular flexibility index (Phi) is 5.90. The maximum atomic E-state index is 12.0. The average molecular weight is 291 g/mol. The van der Waals surface area contributed by atoms with Crippen LogP contribution in [-0.2, 0) is 9.59 Å². The lowest BCUT2D eigenvalue weighted by atomic mass is 9.85. The highest BCUT2D eigenvalue weighted by molar-refractivity contribution is 5.94. The molecule has 5 heteroatoms. The number of nitrogens with two attached hydrogens (primary N) is 1. The molecule has 4 N–H and O–H groups in total. The van der Waals surface area contributed by atoms with Crippen molar-refractivity contribution in [3.8, 4) is 0 Å². The highest BCUT2D eigenvalue weighted by Crippen LogP contribution is 2.21. The fourth-order valence-electron chi connectivity index (χ4n) is 1.64. The molecule has 0 aliphatic carbocycles. The molecule has 0 bridgehead atoms. The average Bonchev–Trinajstić information content (AvgIpc) is 2.37. The summed E-state index contributed by atoms with van der Waals surface area (Å²) in [6, 6.07) is 6.87. The van der Waals surface area contributed by atoms with Gasteiger partial charge in [0.2, 0.25) is 11.8 Å². The molecule has 0 fully saturated rings. The summed E-state index contributed by atoms with van der Waals surface area (Å²) in [5.74, 6) is -0.190. The summed E-state index contributed by atoms with van der Waals surface area (Å²) in [6.07, 6.45) is 0.673. The van der Waals surface area contributed by atoms with Crippen molar-refractivity contribution in [2.75, 3.05) is 10.6 Å². The van der Waals surface area contributed by atoms with E-state index >= 15 is 0 Å². The Bertz CT molecular complexity index is 506. The van der Waals surface area contributed by atoms with E-state index in [1.807, 2.05) is 20.8 Å². The van der Waals surface area contributed by atoms with Crippen LogP contribution in [0.15, 0.2) is 24.3 Å². The second-order valence-corrected chi connectivity index (χ2v) is 6.21. The van der Waals surface area contributed by atoms with Crippen molar-refractivity contribution in [1.82, 2.24) is 0 Å². The van der Waals surface area contributed by atoms with Crippen molar-refractivity contribution in [1.29, 1.82) is 0 Å². The second-order valence-electron chi connectivity index (χ2n) is 6.21. The first-order chi connectivity index (χ1) is 9.72. The van der Waals surface area contributed by atoms with Crippen molar-refractivity contribution in [3.05, 3.63) is 24.3 Å². The van der Waals surface area contributed by atoms with Gasteiger partial charge in [-0.3, -0.25) is 9.59 Å². The normalized spacial score (nSPS) is 12.6. The fourth-order valence-corrected chi connectivity index (χ4v) is 1.64. The Morgan fingerprint density at radius 1 is 1.14 bits per heavy atom. The van der Waals surface area contributed by atoms with Gasteiger partial charge >= 0.3 is 0 Å². The van der Waals surface area contributed by atoms with E-state index in [0.29, 0.717) is 17.8 Å². The molecule has 0 spiro atoms. The van der Waals surface area contributed by atoms with Crippen molar-refractivity contribution in [3.63, 3.8) is 0 Å². The lowest BCUT2D eigenvalue weighted by Gasteiger charge is -2.26. The van der Waals surface area contributed by atoms with Crippen LogP contribution in [0.5, 0.6) is 0 Å². The van der Waals surface area contributed by atoms with Crippen molar-refractivity contribution in [2.45, 2.75) is 46.6 Å². The maximum absolute atomic E-state index is 12.0. The molecule has 2 amide bonds. The molecule has 0 saturated heterocycles. The zero-order valence-corrected chi connectivity index (χ0v) is 13.2. The number of amides is 2. The van der Waals surface area contributed by atoms with Gasteiger partial charge < -0.3 is 16.4 Å². The standard InChI is InChI=1S/C16H25N3O2/c1-5-14(20)18-11-7-6-8-12(9-11)19-15(21)10-13(17)16(2,3)4/h6-9,13H,5,10,17H2,1-4H3,(H,18,20)(H,19,21). The predicted octanol–water partition coefficient (Wildman–Crippen LogP) is 2.74. The molecule has 1 aromatic carbocycles. The van der Waals surface area contributed by atoms with Crippen LogP contribution in [0.2, 0.25) is 0 Å². The zero-order chi connectivity index (χ0) is 16.0. The minimum atomic E-state index is -0.208. The molecular formula is C16H25N3O2. The molecule has 0 radical (unpaired) electrons. The number of hydrogen-bond acceptors (Lipinski definition) is 3. The van der Waals surface area contributed by atoms with Crippen LogP contribution in [-0.4, -0.2) is 17.9 Å². The number of anilines is 2. The van der Waals surface area contributed by atoms with Crippen LogP contribution < -0.4 is 16.4 Å². The van der Waals surface area contributed by atoms with E-state index in [9.17, 15) is 9.59 Å². The molecule has 1 unspecified atom stereocenters. The third kappa shape index (κ3) is 5.95. The quantitative estimate of drug-likeness (QED) is 0.780. The SMILES string of the molecule is CCC(=O)Nc1cccc(NC(=O)CC(N)C(C)(C)C)c1. The van der Waals surface area contributed by atoms with Gasteiger partial charge in [0.15, 0.2) is 0 Å². The molecule has 0 aromatic heterocycles. The van der Waals surface area contributed by atoms with Gasteiger partial charge in [0.05, 0.1) is 0 Å². The molecule has 0 heterocycles. The van der Waals surface area contributed by atoms with E-state index in [0.717, 1.165) is 0 Å². The van der Waals surface area contributed by atoms with Crippen LogP contribution in [0.1, 0.15) is 40.5 Å². The smallest absolute Gasteiger partial charge is 0.225 e. The molecule has 0 aliphatic heterocycles. The first-order valence-corrected chi connectivity index (χ1v) is 7.17. The Morgan fingerprint density at radius 3 is 2.14 bits per heavy atom. The van der Waals surface area contributed by atoms with Gasteiger partial charge in [0, 0.05) is 30.3 Å². The van der Waals surface area contributed by atoms with Gasteiger partial charge in [0.25, 0.3) is 0 Å². The van der Waals surface area contributed by atoms with Crippen LogP contribution >= 0.6 is 0 Å². The monoisotopic (exact) mass is 291 g/mol. The second kappa shape index (κ2) is 7.22. The van der Waals surface area contributed by atoms with Gasteiger partial charge in [-0.05, 0) is 23.6 Å². The number of rotatable bonds is 5. The third-order valence-electron chi connectivity index (χ3n) is 3.27. The lowest BCUT2D eigenvalue weighted by molar-refractivity contribution is -0.117. The fraction of sp³-hybridized carbons (Fsp3) is 0.500. The van der Waals surface area contributed by atoms with Crippen molar-refractivity contribution >= 4 is 23.2 Å². The summed E-state index contributed by atoms with van der Waals surface area (Å²) >= 11 is 0. The van der Waals surface area contributed by atoms with Crippen LogP contribution in [0.3, 0.4) is 0 Å². The van der Waals surface area contributed by atoms with Gasteiger partial charge in [-0.25, -0.2) is 0 Å². The third-order valence-corrected chi connectivity index (χ3v) is 3.27. The van der Waals surface area contributed by atoms with E-state index in [1.165, 1.54) is 0 Å². The topological polar surface area (TPSA) is 84.2 Å². The van der Waals surface area contributed by atoms with Gasteiger partial charge in [-0.15, -0.1) is 0 Å². The predicted molar refractivity (Wildman–Crippen MR) is 86.0 cm³/mol. The summed E-state index contributed by atoms with van der Waals surface area (Å²) in [7, 11) is 0. The number of hydrogen-bond donors (Lipinski definition) is 3. The van der Waals surface area contributed by atoms with Crippen molar-refractivity contribution < 1.29 is 9.59 Å². The number of benzene rings is 1. The largest absolute Gasteiger partial charge is 0.327 e. The summed E-state index contributed by atoms with van der Waals surface area (Å²) in [5.41, 5.74) is 7.20. The highest BCUT2D eigenvalue weighted by Gasteiger charge is 2.23. The molecule has 21 heavy (non-hydrogen) atoms. The van der Waals surface area contributed by atoms with E-state index in [2.05, 4.69) is 10.6 Å². The lowest BCUT2D eigenvalue weighted by Crippen LogP contribution is -2.38. The summed E-state index contributed by atoms with van der Waals surface area (Å²) in [6.45, 7) is 7.80. The van der Waals surface area contributed by atoms with E-state index in [-0.39, 0.29) is 29.7 Å². The van der Waals surface area contributed by atoms with E-state index < -0.39 is 0 Å². The molecule has 1 aromatic rings. The zero-order valence-electron chi connectivity index (χ0n) is 13.2. The molecule has 5 nitrogen and oxygen atoms in total. The molecule has 0 saturated carbocycles. The first-order valence-electron chi connectivity index (χ1n) is 7.17. The van der Waals surface area contributed by atoms with Gasteiger partial charge in [-0.2, -0.15) is 0 Å². The Hall–Kier alpha value is -1.88.